The molecule has 1 N–H and O–H groups in total. The summed E-state index contributed by atoms with van der Waals surface area (Å²) in [7, 11) is 0. The first-order chi connectivity index (χ1) is 8.14. The molecule has 0 radical (unpaired) electrons. The molecule has 2 aliphatic rings. The maximum absolute atomic E-state index is 10.1. The Hall–Kier alpha value is -0.680. The lowest BCUT2D eigenvalue weighted by Crippen LogP contribution is -2.28. The molecule has 1 saturated heterocycles. The van der Waals surface area contributed by atoms with Crippen molar-refractivity contribution < 1.29 is 5.11 Å². The van der Waals surface area contributed by atoms with E-state index in [0.29, 0.717) is 5.92 Å². The normalized spacial score (nSPS) is 30.4. The Morgan fingerprint density at radius 1 is 1.35 bits per heavy atom. The summed E-state index contributed by atoms with van der Waals surface area (Å²) in [5, 5.41) is 11.1. The van der Waals surface area contributed by atoms with Crippen molar-refractivity contribution in [3.8, 4) is 0 Å². The molecule has 1 aromatic heterocycles. The van der Waals surface area contributed by atoms with Crippen LogP contribution in [0.3, 0.4) is 0 Å². The second kappa shape index (κ2) is 4.21. The predicted octanol–water partition coefficient (Wildman–Crippen LogP) is 2.16. The van der Waals surface area contributed by atoms with E-state index in [1.54, 1.807) is 0 Å². The van der Waals surface area contributed by atoms with E-state index in [1.165, 1.54) is 24.4 Å². The molecular formula is C12H19N3OS. The van der Waals surface area contributed by atoms with Crippen molar-refractivity contribution >= 4 is 16.7 Å². The van der Waals surface area contributed by atoms with E-state index in [1.807, 2.05) is 6.92 Å². The minimum absolute atomic E-state index is 0.501. The largest absolute Gasteiger partial charge is 0.390 e. The van der Waals surface area contributed by atoms with Crippen LogP contribution in [0.15, 0.2) is 0 Å². The lowest BCUT2D eigenvalue weighted by molar-refractivity contribution is 0.0481. The standard InChI is InChI=1S/C12H19N3OS/c1-12(16)5-2-7-15(8-6-12)11-13-10(14-17-11)9-3-4-9/h9,16H,2-8H2,1H3. The monoisotopic (exact) mass is 253 g/mol. The Labute approximate surface area is 106 Å². The fourth-order valence-corrected chi connectivity index (χ4v) is 3.11. The third kappa shape index (κ3) is 2.60. The summed E-state index contributed by atoms with van der Waals surface area (Å²) in [6, 6.07) is 0. The van der Waals surface area contributed by atoms with Crippen LogP contribution >= 0.6 is 11.5 Å². The summed E-state index contributed by atoms with van der Waals surface area (Å²) in [6.07, 6.45) is 5.25. The van der Waals surface area contributed by atoms with E-state index in [9.17, 15) is 5.11 Å². The Kier molecular flexibility index (Phi) is 2.83. The Balaban J connectivity index is 1.70. The molecule has 4 nitrogen and oxygen atoms in total. The highest BCUT2D eigenvalue weighted by molar-refractivity contribution is 7.09. The maximum atomic E-state index is 10.1. The molecule has 3 rings (SSSR count). The SMILES string of the molecule is CC1(O)CCCN(c2nc(C3CC3)ns2)CC1. The molecule has 1 atom stereocenters. The van der Waals surface area contributed by atoms with Gasteiger partial charge in [-0.15, -0.1) is 0 Å². The molecule has 0 spiro atoms. The van der Waals surface area contributed by atoms with Crippen LogP contribution in [0, 0.1) is 0 Å². The van der Waals surface area contributed by atoms with Gasteiger partial charge in [0.15, 0.2) is 0 Å². The van der Waals surface area contributed by atoms with Crippen molar-refractivity contribution in [2.24, 2.45) is 0 Å². The highest BCUT2D eigenvalue weighted by Crippen LogP contribution is 2.40. The molecular weight excluding hydrogens is 234 g/mol. The zero-order valence-electron chi connectivity index (χ0n) is 10.2. The van der Waals surface area contributed by atoms with Crippen LogP contribution in [0.25, 0.3) is 0 Å². The van der Waals surface area contributed by atoms with Crippen molar-refractivity contribution in [3.63, 3.8) is 0 Å². The number of aliphatic hydroxyl groups is 1. The second-order valence-electron chi connectivity index (χ2n) is 5.55. The lowest BCUT2D eigenvalue weighted by Gasteiger charge is -2.21. The molecule has 1 saturated carbocycles. The molecule has 5 heteroatoms. The van der Waals surface area contributed by atoms with Gasteiger partial charge in [0, 0.05) is 30.5 Å². The van der Waals surface area contributed by atoms with Crippen LogP contribution in [0.5, 0.6) is 0 Å². The highest BCUT2D eigenvalue weighted by Gasteiger charge is 2.30. The van der Waals surface area contributed by atoms with Gasteiger partial charge < -0.3 is 10.0 Å². The van der Waals surface area contributed by atoms with E-state index >= 15 is 0 Å². The zero-order valence-corrected chi connectivity index (χ0v) is 11.0. The topological polar surface area (TPSA) is 49.2 Å². The van der Waals surface area contributed by atoms with Gasteiger partial charge in [0.05, 0.1) is 5.60 Å². The Morgan fingerprint density at radius 3 is 2.94 bits per heavy atom. The van der Waals surface area contributed by atoms with Gasteiger partial charge in [-0.25, -0.2) is 4.98 Å². The lowest BCUT2D eigenvalue weighted by atomic mass is 9.98. The Bertz CT molecular complexity index is 400. The summed E-state index contributed by atoms with van der Waals surface area (Å²) in [6.45, 7) is 3.83. The molecule has 2 heterocycles. The molecule has 1 unspecified atom stereocenters. The zero-order chi connectivity index (χ0) is 11.9. The maximum Gasteiger partial charge on any atom is 0.205 e. The number of anilines is 1. The fourth-order valence-electron chi connectivity index (χ4n) is 2.32. The van der Waals surface area contributed by atoms with E-state index in [2.05, 4.69) is 14.3 Å². The number of nitrogens with zero attached hydrogens (tertiary/aromatic N) is 3. The van der Waals surface area contributed by atoms with E-state index in [-0.39, 0.29) is 0 Å². The summed E-state index contributed by atoms with van der Waals surface area (Å²) in [5.41, 5.74) is -0.501. The van der Waals surface area contributed by atoms with Crippen molar-refractivity contribution in [1.29, 1.82) is 0 Å². The third-order valence-corrected chi connectivity index (χ3v) is 4.50. The van der Waals surface area contributed by atoms with Crippen molar-refractivity contribution in [2.75, 3.05) is 18.0 Å². The van der Waals surface area contributed by atoms with Crippen LogP contribution in [-0.4, -0.2) is 33.2 Å². The van der Waals surface area contributed by atoms with Crippen LogP contribution in [0.1, 0.15) is 50.8 Å². The minimum Gasteiger partial charge on any atom is -0.390 e. The molecule has 1 aliphatic heterocycles. The average molecular weight is 253 g/mol. The summed E-state index contributed by atoms with van der Waals surface area (Å²) in [4.78, 5) is 6.92. The van der Waals surface area contributed by atoms with Crippen molar-refractivity contribution in [3.05, 3.63) is 5.82 Å². The van der Waals surface area contributed by atoms with Crippen LogP contribution in [0.2, 0.25) is 0 Å². The predicted molar refractivity (Wildman–Crippen MR) is 68.6 cm³/mol. The first-order valence-electron chi connectivity index (χ1n) is 6.45. The summed E-state index contributed by atoms with van der Waals surface area (Å²) in [5.74, 6) is 1.68. The molecule has 0 bridgehead atoms. The van der Waals surface area contributed by atoms with Crippen LogP contribution < -0.4 is 4.90 Å². The van der Waals surface area contributed by atoms with Gasteiger partial charge >= 0.3 is 0 Å². The average Bonchev–Trinajstić information content (AvgIpc) is 3.04. The van der Waals surface area contributed by atoms with Gasteiger partial charge in [0.2, 0.25) is 5.13 Å². The van der Waals surface area contributed by atoms with Gasteiger partial charge in [-0.2, -0.15) is 4.37 Å². The molecule has 94 valence electrons. The number of rotatable bonds is 2. The number of hydrogen-bond acceptors (Lipinski definition) is 5. The van der Waals surface area contributed by atoms with Crippen molar-refractivity contribution in [1.82, 2.24) is 9.36 Å². The van der Waals surface area contributed by atoms with Gasteiger partial charge in [-0.1, -0.05) is 0 Å². The van der Waals surface area contributed by atoms with Crippen LogP contribution in [0.4, 0.5) is 5.13 Å². The molecule has 1 aliphatic carbocycles. The van der Waals surface area contributed by atoms with Crippen molar-refractivity contribution in [2.45, 2.75) is 50.5 Å². The molecule has 0 aromatic carbocycles. The third-order valence-electron chi connectivity index (χ3n) is 3.71. The highest BCUT2D eigenvalue weighted by atomic mass is 32.1. The molecule has 0 amide bonds. The van der Waals surface area contributed by atoms with Crippen LogP contribution in [-0.2, 0) is 0 Å². The van der Waals surface area contributed by atoms with Gasteiger partial charge in [-0.05, 0) is 39.0 Å². The summed E-state index contributed by atoms with van der Waals surface area (Å²) < 4.78 is 4.45. The Morgan fingerprint density at radius 2 is 2.18 bits per heavy atom. The summed E-state index contributed by atoms with van der Waals surface area (Å²) >= 11 is 1.52. The number of aromatic nitrogens is 2. The molecule has 17 heavy (non-hydrogen) atoms. The molecule has 1 aromatic rings. The van der Waals surface area contributed by atoms with E-state index in [0.717, 1.165) is 43.3 Å². The van der Waals surface area contributed by atoms with E-state index < -0.39 is 5.60 Å². The van der Waals surface area contributed by atoms with Gasteiger partial charge in [0.25, 0.3) is 0 Å². The molecule has 2 fully saturated rings. The minimum atomic E-state index is -0.501. The smallest absolute Gasteiger partial charge is 0.205 e. The first kappa shape index (κ1) is 11.4. The first-order valence-corrected chi connectivity index (χ1v) is 7.22. The second-order valence-corrected chi connectivity index (χ2v) is 6.28. The fraction of sp³-hybridized carbons (Fsp3) is 0.833. The quantitative estimate of drug-likeness (QED) is 0.877. The van der Waals surface area contributed by atoms with E-state index in [4.69, 9.17) is 0 Å². The number of hydrogen-bond donors (Lipinski definition) is 1. The van der Waals surface area contributed by atoms with Gasteiger partial charge in [0.1, 0.15) is 5.82 Å². The van der Waals surface area contributed by atoms with Gasteiger partial charge in [-0.3, -0.25) is 0 Å².